The molecule has 0 unspecified atom stereocenters. The highest BCUT2D eigenvalue weighted by Gasteiger charge is 2.27. The maximum absolute atomic E-state index is 12.5. The second-order valence-corrected chi connectivity index (χ2v) is 10.2. The van der Waals surface area contributed by atoms with Gasteiger partial charge in [0.1, 0.15) is 5.78 Å². The predicted octanol–water partition coefficient (Wildman–Crippen LogP) is 5.07. The maximum Gasteiger partial charge on any atom is 0.389 e. The first-order valence-corrected chi connectivity index (χ1v) is 12.8. The first-order chi connectivity index (χ1) is 16.7. The molecule has 3 heterocycles. The fourth-order valence-corrected chi connectivity index (χ4v) is 5.38. The fraction of sp³-hybridized carbons (Fsp3) is 0.692. The summed E-state index contributed by atoms with van der Waals surface area (Å²) in [7, 11) is 0. The minimum absolute atomic E-state index is 0.0501. The SMILES string of the molecule is Cc1nc(CC(=O)CC2CCC(CCN3CCc4ccc(CCC(F)(F)F)nc4CC3)CC2)no1. The lowest BCUT2D eigenvalue weighted by atomic mass is 9.78. The highest BCUT2D eigenvalue weighted by atomic mass is 19.4. The molecule has 0 amide bonds. The molecule has 0 aromatic carbocycles. The third kappa shape index (κ3) is 8.12. The van der Waals surface area contributed by atoms with Crippen LogP contribution >= 0.6 is 0 Å². The van der Waals surface area contributed by atoms with Gasteiger partial charge in [-0.25, -0.2) is 0 Å². The first kappa shape index (κ1) is 25.8. The van der Waals surface area contributed by atoms with Crippen LogP contribution in [0.4, 0.5) is 13.2 Å². The van der Waals surface area contributed by atoms with Crippen LogP contribution in [0.5, 0.6) is 0 Å². The maximum atomic E-state index is 12.5. The number of aryl methyl sites for hydroxylation is 2. The van der Waals surface area contributed by atoms with Gasteiger partial charge in [-0.1, -0.05) is 24.1 Å². The van der Waals surface area contributed by atoms with Gasteiger partial charge in [0, 0.05) is 50.7 Å². The number of carbonyl (C=O) groups is 1. The van der Waals surface area contributed by atoms with E-state index in [1.54, 1.807) is 13.0 Å². The smallest absolute Gasteiger partial charge is 0.340 e. The van der Waals surface area contributed by atoms with Crippen LogP contribution in [0.15, 0.2) is 16.7 Å². The van der Waals surface area contributed by atoms with Gasteiger partial charge >= 0.3 is 6.18 Å². The van der Waals surface area contributed by atoms with Crippen molar-refractivity contribution in [2.24, 2.45) is 11.8 Å². The Hall–Kier alpha value is -2.29. The van der Waals surface area contributed by atoms with Crippen LogP contribution in [-0.4, -0.2) is 51.6 Å². The molecule has 6 nitrogen and oxygen atoms in total. The van der Waals surface area contributed by atoms with Gasteiger partial charge in [-0.3, -0.25) is 9.78 Å². The summed E-state index contributed by atoms with van der Waals surface area (Å²) in [6, 6.07) is 3.73. The summed E-state index contributed by atoms with van der Waals surface area (Å²) < 4.78 is 42.5. The van der Waals surface area contributed by atoms with E-state index in [2.05, 4.69) is 20.0 Å². The van der Waals surface area contributed by atoms with E-state index in [4.69, 9.17) is 4.52 Å². The van der Waals surface area contributed by atoms with Crippen LogP contribution in [0.2, 0.25) is 0 Å². The molecule has 35 heavy (non-hydrogen) atoms. The Morgan fingerprint density at radius 3 is 2.54 bits per heavy atom. The lowest BCUT2D eigenvalue weighted by Gasteiger charge is -2.30. The number of halogens is 3. The molecule has 0 N–H and O–H groups in total. The molecule has 1 saturated carbocycles. The van der Waals surface area contributed by atoms with Crippen molar-refractivity contribution < 1.29 is 22.5 Å². The Balaban J connectivity index is 1.16. The zero-order chi connectivity index (χ0) is 24.8. The van der Waals surface area contributed by atoms with Crippen LogP contribution < -0.4 is 0 Å². The fourth-order valence-electron chi connectivity index (χ4n) is 5.38. The zero-order valence-electron chi connectivity index (χ0n) is 20.4. The van der Waals surface area contributed by atoms with Crippen molar-refractivity contribution in [2.45, 2.75) is 83.7 Å². The summed E-state index contributed by atoms with van der Waals surface area (Å²) >= 11 is 0. The Morgan fingerprint density at radius 1 is 1.09 bits per heavy atom. The Bertz CT molecular complexity index is 983. The highest BCUT2D eigenvalue weighted by molar-refractivity contribution is 5.80. The van der Waals surface area contributed by atoms with Crippen molar-refractivity contribution >= 4 is 5.78 Å². The summed E-state index contributed by atoms with van der Waals surface area (Å²) in [5.74, 6) is 2.31. The molecule has 4 rings (SSSR count). The monoisotopic (exact) mass is 492 g/mol. The van der Waals surface area contributed by atoms with E-state index in [9.17, 15) is 18.0 Å². The van der Waals surface area contributed by atoms with Crippen molar-refractivity contribution in [2.75, 3.05) is 19.6 Å². The first-order valence-electron chi connectivity index (χ1n) is 12.8. The normalized spacial score (nSPS) is 21.5. The van der Waals surface area contributed by atoms with Crippen molar-refractivity contribution in [3.05, 3.63) is 40.8 Å². The Kier molecular flexibility index (Phi) is 8.57. The standard InChI is InChI=1S/C26H35F3N4O2/c1-18-30-25(32-35-18)17-23(34)16-20-4-2-19(3-5-20)9-13-33-14-10-21-6-7-22(8-12-26(27,28)29)31-24(21)11-15-33/h6-7,19-20H,2-5,8-17H2,1H3. The van der Waals surface area contributed by atoms with Gasteiger partial charge in [0.25, 0.3) is 0 Å². The van der Waals surface area contributed by atoms with Crippen molar-refractivity contribution in [1.82, 2.24) is 20.0 Å². The summed E-state index contributed by atoms with van der Waals surface area (Å²) in [6.07, 6.45) is 3.21. The molecule has 1 aliphatic carbocycles. The molecule has 2 aromatic rings. The number of fused-ring (bicyclic) bond motifs is 1. The number of Topliss-reactive ketones (excluding diaryl/α,β-unsaturated/α-hetero) is 1. The molecular formula is C26H35F3N4O2. The number of ketones is 1. The molecule has 9 heteroatoms. The number of pyridine rings is 1. The van der Waals surface area contributed by atoms with Gasteiger partial charge in [-0.15, -0.1) is 0 Å². The van der Waals surface area contributed by atoms with E-state index < -0.39 is 12.6 Å². The van der Waals surface area contributed by atoms with Crippen LogP contribution in [-0.2, 0) is 30.5 Å². The summed E-state index contributed by atoms with van der Waals surface area (Å²) in [6.45, 7) is 4.64. The molecule has 0 radical (unpaired) electrons. The van der Waals surface area contributed by atoms with Crippen LogP contribution in [0.3, 0.4) is 0 Å². The Labute approximate surface area is 204 Å². The van der Waals surface area contributed by atoms with Gasteiger partial charge in [0.2, 0.25) is 5.89 Å². The van der Waals surface area contributed by atoms with Crippen LogP contribution in [0.1, 0.15) is 73.6 Å². The van der Waals surface area contributed by atoms with E-state index in [-0.39, 0.29) is 18.6 Å². The largest absolute Gasteiger partial charge is 0.389 e. The average Bonchev–Trinajstić information content (AvgIpc) is 3.10. The third-order valence-electron chi connectivity index (χ3n) is 7.41. The number of aromatic nitrogens is 3. The van der Waals surface area contributed by atoms with E-state index in [0.717, 1.165) is 70.3 Å². The van der Waals surface area contributed by atoms with Crippen molar-refractivity contribution in [3.8, 4) is 0 Å². The van der Waals surface area contributed by atoms with E-state index >= 15 is 0 Å². The van der Waals surface area contributed by atoms with Gasteiger partial charge < -0.3 is 9.42 Å². The molecule has 2 aliphatic rings. The van der Waals surface area contributed by atoms with E-state index in [1.807, 2.05) is 6.07 Å². The van der Waals surface area contributed by atoms with Gasteiger partial charge in [0.05, 0.1) is 6.42 Å². The van der Waals surface area contributed by atoms with Crippen LogP contribution in [0.25, 0.3) is 0 Å². The number of rotatable bonds is 9. The molecule has 0 saturated heterocycles. The quantitative estimate of drug-likeness (QED) is 0.487. The topological polar surface area (TPSA) is 72.1 Å². The summed E-state index contributed by atoms with van der Waals surface area (Å²) in [5.41, 5.74) is 2.68. The number of alkyl halides is 3. The van der Waals surface area contributed by atoms with Crippen molar-refractivity contribution in [1.29, 1.82) is 0 Å². The third-order valence-corrected chi connectivity index (χ3v) is 7.41. The lowest BCUT2D eigenvalue weighted by molar-refractivity contribution is -0.134. The average molecular weight is 493 g/mol. The predicted molar refractivity (Wildman–Crippen MR) is 125 cm³/mol. The number of nitrogens with zero attached hydrogens (tertiary/aromatic N) is 4. The molecule has 1 fully saturated rings. The van der Waals surface area contributed by atoms with Gasteiger partial charge in [-0.05, 0) is 62.1 Å². The highest BCUT2D eigenvalue weighted by Crippen LogP contribution is 2.33. The minimum atomic E-state index is -4.14. The molecule has 0 atom stereocenters. The molecule has 0 spiro atoms. The number of hydrogen-bond acceptors (Lipinski definition) is 6. The molecule has 0 bridgehead atoms. The van der Waals surface area contributed by atoms with Crippen molar-refractivity contribution in [3.63, 3.8) is 0 Å². The molecular weight excluding hydrogens is 457 g/mol. The summed E-state index contributed by atoms with van der Waals surface area (Å²) in [5, 5.41) is 3.81. The van der Waals surface area contributed by atoms with E-state index in [1.165, 1.54) is 5.56 Å². The van der Waals surface area contributed by atoms with Gasteiger partial charge in [0.15, 0.2) is 5.82 Å². The summed E-state index contributed by atoms with van der Waals surface area (Å²) in [4.78, 5) is 23.5. The zero-order valence-corrected chi connectivity index (χ0v) is 20.4. The molecule has 192 valence electrons. The lowest BCUT2D eigenvalue weighted by Crippen LogP contribution is -2.29. The second kappa shape index (κ2) is 11.6. The number of hydrogen-bond donors (Lipinski definition) is 0. The van der Waals surface area contributed by atoms with Gasteiger partial charge in [-0.2, -0.15) is 18.2 Å². The van der Waals surface area contributed by atoms with E-state index in [0.29, 0.717) is 35.7 Å². The number of carbonyl (C=O) groups excluding carboxylic acids is 1. The Morgan fingerprint density at radius 2 is 1.83 bits per heavy atom. The molecule has 1 aliphatic heterocycles. The molecule has 2 aromatic heterocycles. The second-order valence-electron chi connectivity index (χ2n) is 10.2. The minimum Gasteiger partial charge on any atom is -0.340 e. The van der Waals surface area contributed by atoms with Crippen LogP contribution in [0, 0.1) is 18.8 Å².